The number of aryl methyl sites for hydroxylation is 1. The first-order valence-electron chi connectivity index (χ1n) is 6.86. The molecule has 2 heterocycles. The lowest BCUT2D eigenvalue weighted by atomic mass is 10.1. The van der Waals surface area contributed by atoms with E-state index >= 15 is 0 Å². The van der Waals surface area contributed by atoms with Gasteiger partial charge in [0.05, 0.1) is 11.7 Å². The van der Waals surface area contributed by atoms with E-state index in [1.54, 1.807) is 11.3 Å². The Morgan fingerprint density at radius 1 is 1.47 bits per heavy atom. The summed E-state index contributed by atoms with van der Waals surface area (Å²) in [4.78, 5) is 14.3. The minimum atomic E-state index is 0.166. The molecule has 2 rings (SSSR count). The Labute approximate surface area is 118 Å². The van der Waals surface area contributed by atoms with Gasteiger partial charge in [-0.25, -0.2) is 0 Å². The minimum absolute atomic E-state index is 0.166. The van der Waals surface area contributed by atoms with E-state index in [9.17, 15) is 4.79 Å². The van der Waals surface area contributed by atoms with Crippen LogP contribution in [-0.4, -0.2) is 43.2 Å². The number of amides is 1. The maximum absolute atomic E-state index is 12.3. The number of thiophene rings is 1. The molecular weight excluding hydrogens is 260 g/mol. The highest BCUT2D eigenvalue weighted by Crippen LogP contribution is 2.20. The molecule has 0 atom stereocenters. The molecule has 4 nitrogen and oxygen atoms in total. The molecule has 2 N–H and O–H groups in total. The Kier molecular flexibility index (Phi) is 5.36. The summed E-state index contributed by atoms with van der Waals surface area (Å²) in [6.07, 6.45) is 3.06. The van der Waals surface area contributed by atoms with E-state index in [1.807, 2.05) is 22.6 Å². The molecule has 5 heteroatoms. The second-order valence-electron chi connectivity index (χ2n) is 4.97. The van der Waals surface area contributed by atoms with Crippen LogP contribution >= 0.6 is 11.3 Å². The zero-order chi connectivity index (χ0) is 13.7. The summed E-state index contributed by atoms with van der Waals surface area (Å²) in [7, 11) is 0. The third-order valence-corrected chi connectivity index (χ3v) is 4.38. The van der Waals surface area contributed by atoms with Gasteiger partial charge in [0.15, 0.2) is 0 Å². The molecule has 106 valence electrons. The fourth-order valence-corrected chi connectivity index (χ4v) is 3.13. The fourth-order valence-electron chi connectivity index (χ4n) is 2.31. The van der Waals surface area contributed by atoms with E-state index in [0.717, 1.165) is 50.1 Å². The zero-order valence-corrected chi connectivity index (χ0v) is 12.2. The first-order chi connectivity index (χ1) is 9.22. The van der Waals surface area contributed by atoms with Crippen molar-refractivity contribution in [3.05, 3.63) is 21.9 Å². The van der Waals surface area contributed by atoms with Crippen molar-refractivity contribution in [3.8, 4) is 0 Å². The number of likely N-dealkylation sites (tertiary alicyclic amines) is 1. The van der Waals surface area contributed by atoms with Crippen molar-refractivity contribution in [2.45, 2.75) is 32.3 Å². The molecule has 1 aromatic rings. The van der Waals surface area contributed by atoms with Gasteiger partial charge in [-0.1, -0.05) is 0 Å². The largest absolute Gasteiger partial charge is 0.378 e. The summed E-state index contributed by atoms with van der Waals surface area (Å²) in [6, 6.07) is 0. The molecule has 19 heavy (non-hydrogen) atoms. The minimum Gasteiger partial charge on any atom is -0.378 e. The van der Waals surface area contributed by atoms with Crippen LogP contribution in [0.5, 0.6) is 0 Å². The Balaban J connectivity index is 1.80. The van der Waals surface area contributed by atoms with Crippen LogP contribution in [0.15, 0.2) is 10.8 Å². The summed E-state index contributed by atoms with van der Waals surface area (Å²) in [6.45, 7) is 4.99. The molecule has 1 aromatic heterocycles. The van der Waals surface area contributed by atoms with Gasteiger partial charge in [-0.15, -0.1) is 0 Å². The van der Waals surface area contributed by atoms with Gasteiger partial charge in [0.25, 0.3) is 5.91 Å². The van der Waals surface area contributed by atoms with E-state index in [1.165, 1.54) is 0 Å². The van der Waals surface area contributed by atoms with Crippen LogP contribution in [0, 0.1) is 6.92 Å². The number of nitrogens with two attached hydrogens (primary N) is 1. The van der Waals surface area contributed by atoms with Gasteiger partial charge in [-0.2, -0.15) is 11.3 Å². The molecule has 0 saturated carbocycles. The van der Waals surface area contributed by atoms with Crippen LogP contribution in [0.1, 0.15) is 35.2 Å². The normalized spacial score (nSPS) is 16.8. The Bertz CT molecular complexity index is 411. The van der Waals surface area contributed by atoms with Gasteiger partial charge in [0.1, 0.15) is 0 Å². The summed E-state index contributed by atoms with van der Waals surface area (Å²) < 4.78 is 5.75. The van der Waals surface area contributed by atoms with Gasteiger partial charge in [-0.05, 0) is 43.7 Å². The number of carbonyl (C=O) groups is 1. The van der Waals surface area contributed by atoms with Crippen LogP contribution in [0.25, 0.3) is 0 Å². The van der Waals surface area contributed by atoms with Crippen molar-refractivity contribution in [3.63, 3.8) is 0 Å². The SMILES string of the molecule is Cc1cscc1C(=O)N1CCC(OCCCN)CC1. The van der Waals surface area contributed by atoms with E-state index in [-0.39, 0.29) is 5.91 Å². The number of piperidine rings is 1. The van der Waals surface area contributed by atoms with Crippen LogP contribution < -0.4 is 5.73 Å². The fraction of sp³-hybridized carbons (Fsp3) is 0.643. The summed E-state index contributed by atoms with van der Waals surface area (Å²) >= 11 is 1.59. The average molecular weight is 282 g/mol. The Morgan fingerprint density at radius 2 is 2.21 bits per heavy atom. The topological polar surface area (TPSA) is 55.6 Å². The lowest BCUT2D eigenvalue weighted by molar-refractivity contribution is 0.00844. The Morgan fingerprint density at radius 3 is 2.79 bits per heavy atom. The van der Waals surface area contributed by atoms with Crippen LogP contribution in [0.3, 0.4) is 0 Å². The second-order valence-corrected chi connectivity index (χ2v) is 5.72. The zero-order valence-electron chi connectivity index (χ0n) is 11.4. The number of ether oxygens (including phenoxy) is 1. The van der Waals surface area contributed by atoms with E-state index in [0.29, 0.717) is 12.6 Å². The second kappa shape index (κ2) is 7.03. The maximum Gasteiger partial charge on any atom is 0.254 e. The van der Waals surface area contributed by atoms with Crippen LogP contribution in [0.2, 0.25) is 0 Å². The number of hydrogen-bond donors (Lipinski definition) is 1. The van der Waals surface area contributed by atoms with Gasteiger partial charge >= 0.3 is 0 Å². The van der Waals surface area contributed by atoms with Crippen molar-refractivity contribution >= 4 is 17.2 Å². The average Bonchev–Trinajstić information content (AvgIpc) is 2.85. The monoisotopic (exact) mass is 282 g/mol. The molecule has 0 bridgehead atoms. The van der Waals surface area contributed by atoms with E-state index < -0.39 is 0 Å². The van der Waals surface area contributed by atoms with Gasteiger partial charge in [0, 0.05) is 25.1 Å². The molecule has 0 radical (unpaired) electrons. The molecule has 1 fully saturated rings. The number of hydrogen-bond acceptors (Lipinski definition) is 4. The van der Waals surface area contributed by atoms with Gasteiger partial charge < -0.3 is 15.4 Å². The molecule has 0 aromatic carbocycles. The van der Waals surface area contributed by atoms with E-state index in [4.69, 9.17) is 10.5 Å². The summed E-state index contributed by atoms with van der Waals surface area (Å²) in [5, 5.41) is 3.97. The first-order valence-corrected chi connectivity index (χ1v) is 7.80. The smallest absolute Gasteiger partial charge is 0.254 e. The molecule has 0 aliphatic carbocycles. The molecule has 1 saturated heterocycles. The molecular formula is C14H22N2O2S. The Hall–Kier alpha value is -0.910. The molecule has 0 unspecified atom stereocenters. The van der Waals surface area contributed by atoms with Gasteiger partial charge in [0.2, 0.25) is 0 Å². The quantitative estimate of drug-likeness (QED) is 0.841. The predicted molar refractivity (Wildman–Crippen MR) is 77.6 cm³/mol. The lowest BCUT2D eigenvalue weighted by Crippen LogP contribution is -2.41. The van der Waals surface area contributed by atoms with Crippen molar-refractivity contribution < 1.29 is 9.53 Å². The van der Waals surface area contributed by atoms with Crippen LogP contribution in [0.4, 0.5) is 0 Å². The predicted octanol–water partition coefficient (Wildman–Crippen LogP) is 2.03. The third kappa shape index (κ3) is 3.78. The lowest BCUT2D eigenvalue weighted by Gasteiger charge is -2.32. The van der Waals surface area contributed by atoms with Gasteiger partial charge in [-0.3, -0.25) is 4.79 Å². The van der Waals surface area contributed by atoms with Crippen LogP contribution in [-0.2, 0) is 4.74 Å². The van der Waals surface area contributed by atoms with E-state index in [2.05, 4.69) is 0 Å². The molecule has 1 amide bonds. The van der Waals surface area contributed by atoms with Crippen molar-refractivity contribution in [1.29, 1.82) is 0 Å². The summed E-state index contributed by atoms with van der Waals surface area (Å²) in [5.41, 5.74) is 7.38. The standard InChI is InChI=1S/C14H22N2O2S/c1-11-9-19-10-13(11)14(17)16-6-3-12(4-7-16)18-8-2-5-15/h9-10,12H,2-8,15H2,1H3. The van der Waals surface area contributed by atoms with Crippen molar-refractivity contribution in [2.75, 3.05) is 26.2 Å². The molecule has 1 aliphatic heterocycles. The number of rotatable bonds is 5. The third-order valence-electron chi connectivity index (χ3n) is 3.52. The highest BCUT2D eigenvalue weighted by molar-refractivity contribution is 7.08. The summed E-state index contributed by atoms with van der Waals surface area (Å²) in [5.74, 6) is 0.166. The first kappa shape index (κ1) is 14.5. The van der Waals surface area contributed by atoms with Crippen molar-refractivity contribution in [1.82, 2.24) is 4.90 Å². The molecule has 0 spiro atoms. The maximum atomic E-state index is 12.3. The number of carbonyl (C=O) groups excluding carboxylic acids is 1. The molecule has 1 aliphatic rings. The highest BCUT2D eigenvalue weighted by atomic mass is 32.1. The highest BCUT2D eigenvalue weighted by Gasteiger charge is 2.24. The van der Waals surface area contributed by atoms with Crippen molar-refractivity contribution in [2.24, 2.45) is 5.73 Å². The number of nitrogens with zero attached hydrogens (tertiary/aromatic N) is 1.